The average molecular weight is 427 g/mol. The number of thiazole rings is 1. The summed E-state index contributed by atoms with van der Waals surface area (Å²) in [5.41, 5.74) is 7.26. The number of aromatic nitrogens is 4. The van der Waals surface area contributed by atoms with E-state index in [-0.39, 0.29) is 41.5 Å². The quantitative estimate of drug-likeness (QED) is 0.429. The number of halogens is 1. The van der Waals surface area contributed by atoms with Gasteiger partial charge in [0.1, 0.15) is 11.6 Å². The number of para-hydroxylation sites is 1. The van der Waals surface area contributed by atoms with E-state index in [2.05, 4.69) is 25.3 Å². The molecule has 0 fully saturated rings. The highest BCUT2D eigenvalue weighted by Crippen LogP contribution is 2.29. The summed E-state index contributed by atoms with van der Waals surface area (Å²) in [6, 6.07) is 13.6. The number of fused-ring (bicyclic) bond motifs is 1. The second kappa shape index (κ2) is 8.50. The first kappa shape index (κ1) is 19.2. The number of nitrogens with two attached hydrogens (primary N) is 1. The summed E-state index contributed by atoms with van der Waals surface area (Å²) in [6.07, 6.45) is 0.0305. The standard InChI is InChI=1S/C19H15FN6OS2/c20-11-5-7-12(8-6-11)22-18-25-16(24-17(21)26-18)9-13(27)10-28-19-23-14-3-1-2-4-15(14)29-19/h1-8H,9-10H2,(H3,21,22,24,25,26). The van der Waals surface area contributed by atoms with Crippen molar-refractivity contribution in [2.24, 2.45) is 0 Å². The second-order valence-corrected chi connectivity index (χ2v) is 8.27. The predicted molar refractivity (Wildman–Crippen MR) is 113 cm³/mol. The molecular formula is C19H15FN6OS2. The highest BCUT2D eigenvalue weighted by atomic mass is 32.2. The molecule has 3 N–H and O–H groups in total. The summed E-state index contributed by atoms with van der Waals surface area (Å²) in [5, 5.41) is 2.92. The SMILES string of the molecule is Nc1nc(CC(=O)CSc2nc3ccccc3s2)nc(Nc2ccc(F)cc2)n1. The predicted octanol–water partition coefficient (Wildman–Crippen LogP) is 3.85. The van der Waals surface area contributed by atoms with Crippen molar-refractivity contribution in [3.05, 3.63) is 60.2 Å². The lowest BCUT2D eigenvalue weighted by Gasteiger charge is -2.07. The summed E-state index contributed by atoms with van der Waals surface area (Å²) in [6.45, 7) is 0. The molecule has 10 heteroatoms. The third-order valence-electron chi connectivity index (χ3n) is 3.79. The minimum atomic E-state index is -0.345. The van der Waals surface area contributed by atoms with E-state index >= 15 is 0 Å². The molecule has 0 saturated heterocycles. The Balaban J connectivity index is 1.39. The third-order valence-corrected chi connectivity index (χ3v) is 6.02. The molecule has 0 saturated carbocycles. The molecule has 7 nitrogen and oxygen atoms in total. The number of carbonyl (C=O) groups excluding carboxylic acids is 1. The monoisotopic (exact) mass is 426 g/mol. The summed E-state index contributed by atoms with van der Waals surface area (Å²) >= 11 is 2.94. The number of Topliss-reactive ketones (excluding diaryl/α,β-unsaturated/α-hetero) is 1. The molecule has 0 aliphatic heterocycles. The molecular weight excluding hydrogens is 411 g/mol. The molecule has 0 spiro atoms. The van der Waals surface area contributed by atoms with Gasteiger partial charge in [-0.15, -0.1) is 11.3 Å². The topological polar surface area (TPSA) is 107 Å². The Bertz CT molecular complexity index is 1130. The van der Waals surface area contributed by atoms with Crippen LogP contribution in [0.25, 0.3) is 10.2 Å². The van der Waals surface area contributed by atoms with Crippen LogP contribution < -0.4 is 11.1 Å². The average Bonchev–Trinajstić information content (AvgIpc) is 3.11. The van der Waals surface area contributed by atoms with E-state index in [4.69, 9.17) is 5.73 Å². The zero-order valence-corrected chi connectivity index (χ0v) is 16.6. The normalized spacial score (nSPS) is 10.9. The van der Waals surface area contributed by atoms with Gasteiger partial charge >= 0.3 is 0 Å². The number of nitrogens with zero attached hydrogens (tertiary/aromatic N) is 4. The van der Waals surface area contributed by atoms with Crippen LogP contribution in [0.1, 0.15) is 5.82 Å². The number of rotatable bonds is 7. The molecule has 2 aromatic heterocycles. The van der Waals surface area contributed by atoms with Crippen molar-refractivity contribution in [1.82, 2.24) is 19.9 Å². The van der Waals surface area contributed by atoms with Gasteiger partial charge in [-0.2, -0.15) is 15.0 Å². The molecule has 2 heterocycles. The van der Waals surface area contributed by atoms with Gasteiger partial charge in [-0.1, -0.05) is 23.9 Å². The van der Waals surface area contributed by atoms with Crippen LogP contribution in [0.5, 0.6) is 0 Å². The van der Waals surface area contributed by atoms with Crippen LogP contribution in [0, 0.1) is 5.82 Å². The van der Waals surface area contributed by atoms with Crippen molar-refractivity contribution in [3.63, 3.8) is 0 Å². The van der Waals surface area contributed by atoms with Crippen LogP contribution >= 0.6 is 23.1 Å². The van der Waals surface area contributed by atoms with Gasteiger partial charge in [0.15, 0.2) is 10.1 Å². The molecule has 2 aromatic carbocycles. The number of carbonyl (C=O) groups is 1. The fourth-order valence-electron chi connectivity index (χ4n) is 2.52. The van der Waals surface area contributed by atoms with Crippen LogP contribution in [0.2, 0.25) is 0 Å². The summed E-state index contributed by atoms with van der Waals surface area (Å²) < 4.78 is 14.9. The molecule has 0 unspecified atom stereocenters. The Kier molecular flexibility index (Phi) is 5.63. The molecule has 0 aliphatic rings. The van der Waals surface area contributed by atoms with Crippen LogP contribution in [0.4, 0.5) is 22.0 Å². The van der Waals surface area contributed by atoms with Gasteiger partial charge in [0.2, 0.25) is 11.9 Å². The smallest absolute Gasteiger partial charge is 0.232 e. The number of ketones is 1. The molecule has 0 amide bonds. The fraction of sp³-hybridized carbons (Fsp3) is 0.105. The zero-order valence-electron chi connectivity index (χ0n) is 15.0. The molecule has 0 atom stereocenters. The van der Waals surface area contributed by atoms with E-state index in [9.17, 15) is 9.18 Å². The van der Waals surface area contributed by atoms with Gasteiger partial charge in [0, 0.05) is 5.69 Å². The van der Waals surface area contributed by atoms with Crippen LogP contribution in [-0.4, -0.2) is 31.5 Å². The van der Waals surface area contributed by atoms with Gasteiger partial charge in [0.25, 0.3) is 0 Å². The Morgan fingerprint density at radius 2 is 1.86 bits per heavy atom. The van der Waals surface area contributed by atoms with Crippen molar-refractivity contribution in [2.45, 2.75) is 10.8 Å². The number of benzene rings is 2. The third kappa shape index (κ3) is 5.04. The molecule has 4 rings (SSSR count). The molecule has 4 aromatic rings. The summed E-state index contributed by atoms with van der Waals surface area (Å²) in [5.74, 6) is 0.343. The number of thioether (sulfide) groups is 1. The number of hydrogen-bond donors (Lipinski definition) is 2. The molecule has 146 valence electrons. The van der Waals surface area contributed by atoms with Crippen molar-refractivity contribution in [1.29, 1.82) is 0 Å². The maximum Gasteiger partial charge on any atom is 0.232 e. The van der Waals surface area contributed by atoms with Crippen molar-refractivity contribution in [2.75, 3.05) is 16.8 Å². The lowest BCUT2D eigenvalue weighted by Crippen LogP contribution is -2.12. The van der Waals surface area contributed by atoms with Crippen LogP contribution in [0.15, 0.2) is 52.9 Å². The lowest BCUT2D eigenvalue weighted by molar-refractivity contribution is -0.116. The van der Waals surface area contributed by atoms with E-state index in [1.807, 2.05) is 24.3 Å². The van der Waals surface area contributed by atoms with E-state index in [0.717, 1.165) is 14.6 Å². The Morgan fingerprint density at radius 3 is 2.66 bits per heavy atom. The second-order valence-electron chi connectivity index (χ2n) is 6.02. The molecule has 0 radical (unpaired) electrons. The summed E-state index contributed by atoms with van der Waals surface area (Å²) in [7, 11) is 0. The van der Waals surface area contributed by atoms with Crippen LogP contribution in [0.3, 0.4) is 0 Å². The minimum Gasteiger partial charge on any atom is -0.368 e. The maximum atomic E-state index is 13.0. The Labute approximate surface area is 173 Å². The number of hydrogen-bond acceptors (Lipinski definition) is 9. The Hall–Kier alpha value is -3.11. The minimum absolute atomic E-state index is 0.00578. The van der Waals surface area contributed by atoms with Crippen molar-refractivity contribution >= 4 is 56.7 Å². The van der Waals surface area contributed by atoms with Gasteiger partial charge in [-0.05, 0) is 36.4 Å². The molecule has 0 aliphatic carbocycles. The van der Waals surface area contributed by atoms with Crippen LogP contribution in [-0.2, 0) is 11.2 Å². The number of nitrogens with one attached hydrogen (secondary N) is 1. The number of nitrogen functional groups attached to an aromatic ring is 1. The lowest BCUT2D eigenvalue weighted by atomic mass is 10.3. The first-order chi connectivity index (χ1) is 14.0. The Morgan fingerprint density at radius 1 is 1.07 bits per heavy atom. The van der Waals surface area contributed by atoms with Gasteiger partial charge in [-0.25, -0.2) is 9.37 Å². The van der Waals surface area contributed by atoms with Gasteiger partial charge in [0.05, 0.1) is 22.4 Å². The van der Waals surface area contributed by atoms with Crippen molar-refractivity contribution < 1.29 is 9.18 Å². The molecule has 29 heavy (non-hydrogen) atoms. The highest BCUT2D eigenvalue weighted by molar-refractivity contribution is 8.01. The van der Waals surface area contributed by atoms with E-state index in [0.29, 0.717) is 5.69 Å². The van der Waals surface area contributed by atoms with Gasteiger partial charge in [-0.3, -0.25) is 4.79 Å². The summed E-state index contributed by atoms with van der Waals surface area (Å²) in [4.78, 5) is 29.1. The molecule has 0 bridgehead atoms. The van der Waals surface area contributed by atoms with Gasteiger partial charge < -0.3 is 11.1 Å². The maximum absolute atomic E-state index is 13.0. The highest BCUT2D eigenvalue weighted by Gasteiger charge is 2.12. The first-order valence-corrected chi connectivity index (χ1v) is 10.4. The number of anilines is 3. The first-order valence-electron chi connectivity index (χ1n) is 8.58. The van der Waals surface area contributed by atoms with E-state index in [1.165, 1.54) is 23.9 Å². The zero-order chi connectivity index (χ0) is 20.2. The van der Waals surface area contributed by atoms with E-state index in [1.54, 1.807) is 23.5 Å². The van der Waals surface area contributed by atoms with Crippen molar-refractivity contribution in [3.8, 4) is 0 Å². The fourth-order valence-corrected chi connectivity index (χ4v) is 4.45. The largest absolute Gasteiger partial charge is 0.368 e. The van der Waals surface area contributed by atoms with E-state index < -0.39 is 0 Å².